The van der Waals surface area contributed by atoms with Crippen molar-refractivity contribution in [3.8, 4) is 11.3 Å². The number of carbonyl (C=O) groups is 1. The predicted molar refractivity (Wildman–Crippen MR) is 73.2 cm³/mol. The van der Waals surface area contributed by atoms with Crippen molar-refractivity contribution in [3.05, 3.63) is 35.3 Å². The molecule has 2 aromatic rings. The van der Waals surface area contributed by atoms with Gasteiger partial charge in [-0.3, -0.25) is 14.5 Å². The highest BCUT2D eigenvalue weighted by Gasteiger charge is 2.32. The minimum atomic E-state index is -0.0574. The molecule has 20 heavy (non-hydrogen) atoms. The van der Waals surface area contributed by atoms with E-state index in [1.165, 1.54) is 5.56 Å². The quantitative estimate of drug-likeness (QED) is 0.769. The van der Waals surface area contributed by atoms with Crippen molar-refractivity contribution in [1.29, 1.82) is 0 Å². The van der Waals surface area contributed by atoms with E-state index < -0.39 is 0 Å². The van der Waals surface area contributed by atoms with E-state index in [9.17, 15) is 4.79 Å². The van der Waals surface area contributed by atoms with E-state index in [2.05, 4.69) is 15.4 Å². The molecule has 2 aromatic heterocycles. The minimum absolute atomic E-state index is 0.0340. The van der Waals surface area contributed by atoms with Crippen LogP contribution in [-0.2, 0) is 19.4 Å². The lowest BCUT2D eigenvalue weighted by Crippen LogP contribution is -2.48. The lowest BCUT2D eigenvalue weighted by molar-refractivity contribution is 0.0897. The summed E-state index contributed by atoms with van der Waals surface area (Å²) >= 11 is 0. The molecular weight excluding hydrogens is 254 g/mol. The Balaban J connectivity index is 1.89. The number of aryl methyl sites for hydroxylation is 1. The largest absolute Gasteiger partial charge is 0.345 e. The van der Waals surface area contributed by atoms with E-state index in [1.54, 1.807) is 6.20 Å². The lowest BCUT2D eigenvalue weighted by atomic mass is 9.90. The second-order valence-electron chi connectivity index (χ2n) is 5.30. The van der Waals surface area contributed by atoms with E-state index in [0.717, 1.165) is 29.7 Å². The Morgan fingerprint density at radius 1 is 1.45 bits per heavy atom. The van der Waals surface area contributed by atoms with Gasteiger partial charge in [-0.15, -0.1) is 0 Å². The highest BCUT2D eigenvalue weighted by atomic mass is 16.2. The molecule has 102 valence electrons. The predicted octanol–water partition coefficient (Wildman–Crippen LogP) is 0.114. The van der Waals surface area contributed by atoms with Gasteiger partial charge in [-0.05, 0) is 24.5 Å². The summed E-state index contributed by atoms with van der Waals surface area (Å²) in [6.45, 7) is 1.07. The van der Waals surface area contributed by atoms with E-state index in [4.69, 9.17) is 5.73 Å². The number of fused-ring (bicyclic) bond motifs is 5. The van der Waals surface area contributed by atoms with Crippen LogP contribution in [0.1, 0.15) is 21.6 Å². The summed E-state index contributed by atoms with van der Waals surface area (Å²) in [5, 5.41) is 7.60. The number of aromatic nitrogens is 3. The number of nitrogens with zero attached hydrogens (tertiary/aromatic N) is 3. The van der Waals surface area contributed by atoms with Crippen molar-refractivity contribution in [2.45, 2.75) is 25.4 Å². The maximum Gasteiger partial charge on any atom is 0.270 e. The molecule has 1 atom stereocenters. The minimum Gasteiger partial charge on any atom is -0.345 e. The molecule has 1 aliphatic carbocycles. The third kappa shape index (κ3) is 1.51. The van der Waals surface area contributed by atoms with Gasteiger partial charge in [0.2, 0.25) is 0 Å². The lowest BCUT2D eigenvalue weighted by Gasteiger charge is -2.24. The van der Waals surface area contributed by atoms with Gasteiger partial charge in [0.05, 0.1) is 18.3 Å². The molecule has 1 amide bonds. The second-order valence-corrected chi connectivity index (χ2v) is 5.30. The normalized spacial score (nSPS) is 19.9. The molecule has 0 saturated heterocycles. The van der Waals surface area contributed by atoms with Crippen LogP contribution in [0.15, 0.2) is 18.5 Å². The van der Waals surface area contributed by atoms with Crippen LogP contribution in [0.25, 0.3) is 11.3 Å². The maximum absolute atomic E-state index is 12.3. The van der Waals surface area contributed by atoms with Gasteiger partial charge in [-0.1, -0.05) is 0 Å². The zero-order valence-electron chi connectivity index (χ0n) is 11.0. The number of pyridine rings is 1. The average Bonchev–Trinajstić information content (AvgIpc) is 2.86. The summed E-state index contributed by atoms with van der Waals surface area (Å²) in [4.78, 5) is 16.4. The van der Waals surface area contributed by atoms with Crippen LogP contribution in [0.2, 0.25) is 0 Å². The molecule has 0 aromatic carbocycles. The van der Waals surface area contributed by atoms with Gasteiger partial charge >= 0.3 is 0 Å². The molecule has 1 unspecified atom stereocenters. The van der Waals surface area contributed by atoms with Crippen LogP contribution in [0.3, 0.4) is 0 Å². The smallest absolute Gasteiger partial charge is 0.270 e. The van der Waals surface area contributed by atoms with Gasteiger partial charge in [-0.2, -0.15) is 5.10 Å². The van der Waals surface area contributed by atoms with Gasteiger partial charge < -0.3 is 11.1 Å². The zero-order chi connectivity index (χ0) is 13.7. The third-order valence-electron chi connectivity index (χ3n) is 4.08. The van der Waals surface area contributed by atoms with Crippen LogP contribution in [-0.4, -0.2) is 33.3 Å². The Bertz CT molecular complexity index is 706. The van der Waals surface area contributed by atoms with E-state index >= 15 is 0 Å². The van der Waals surface area contributed by atoms with Crippen molar-refractivity contribution in [1.82, 2.24) is 20.1 Å². The standard InChI is InChI=1S/C14H15N5O/c15-5-9-7-19-13(14(20)17-9)11-2-1-8-6-16-4-3-10(8)12(11)18-19/h3-4,6,9H,1-2,5,7,15H2,(H,17,20). The van der Waals surface area contributed by atoms with Crippen molar-refractivity contribution >= 4 is 5.91 Å². The fourth-order valence-electron chi connectivity index (χ4n) is 3.10. The Kier molecular flexibility index (Phi) is 2.40. The number of hydrogen-bond donors (Lipinski definition) is 2. The van der Waals surface area contributed by atoms with Gasteiger partial charge in [0.25, 0.3) is 5.91 Å². The Morgan fingerprint density at radius 2 is 2.35 bits per heavy atom. The summed E-state index contributed by atoms with van der Waals surface area (Å²) < 4.78 is 1.82. The fraction of sp³-hybridized carbons (Fsp3) is 0.357. The van der Waals surface area contributed by atoms with Gasteiger partial charge in [-0.25, -0.2) is 0 Å². The molecule has 3 N–H and O–H groups in total. The summed E-state index contributed by atoms with van der Waals surface area (Å²) in [5.74, 6) is -0.0574. The fourth-order valence-corrected chi connectivity index (χ4v) is 3.10. The first-order valence-corrected chi connectivity index (χ1v) is 6.82. The number of nitrogens with two attached hydrogens (primary N) is 1. The molecule has 3 heterocycles. The number of rotatable bonds is 1. The zero-order valence-corrected chi connectivity index (χ0v) is 11.0. The van der Waals surface area contributed by atoms with Crippen LogP contribution in [0.5, 0.6) is 0 Å². The Labute approximate surface area is 116 Å². The van der Waals surface area contributed by atoms with Crippen LogP contribution in [0, 0.1) is 0 Å². The monoisotopic (exact) mass is 269 g/mol. The third-order valence-corrected chi connectivity index (χ3v) is 4.08. The molecule has 6 nitrogen and oxygen atoms in total. The summed E-state index contributed by atoms with van der Waals surface area (Å²) in [6, 6.07) is 1.94. The molecule has 0 saturated carbocycles. The highest BCUT2D eigenvalue weighted by molar-refractivity contribution is 5.97. The Hall–Kier alpha value is -2.21. The maximum atomic E-state index is 12.3. The van der Waals surface area contributed by atoms with Crippen LogP contribution in [0.4, 0.5) is 0 Å². The molecule has 1 aliphatic heterocycles. The summed E-state index contributed by atoms with van der Waals surface area (Å²) in [5.41, 5.74) is 10.6. The first-order valence-electron chi connectivity index (χ1n) is 6.82. The van der Waals surface area contributed by atoms with E-state index in [0.29, 0.717) is 18.8 Å². The second kappa shape index (κ2) is 4.14. The highest BCUT2D eigenvalue weighted by Crippen LogP contribution is 2.34. The number of amides is 1. The van der Waals surface area contributed by atoms with Crippen molar-refractivity contribution in [2.24, 2.45) is 5.73 Å². The van der Waals surface area contributed by atoms with Crippen LogP contribution >= 0.6 is 0 Å². The molecule has 0 fully saturated rings. The molecule has 0 radical (unpaired) electrons. The first kappa shape index (κ1) is 11.6. The van der Waals surface area contributed by atoms with Crippen molar-refractivity contribution in [3.63, 3.8) is 0 Å². The van der Waals surface area contributed by atoms with Gasteiger partial charge in [0.1, 0.15) is 5.69 Å². The average molecular weight is 269 g/mol. The topological polar surface area (TPSA) is 85.8 Å². The number of carbonyl (C=O) groups excluding carboxylic acids is 1. The summed E-state index contributed by atoms with van der Waals surface area (Å²) in [6.07, 6.45) is 5.40. The molecule has 4 rings (SSSR count). The molecular formula is C14H15N5O. The van der Waals surface area contributed by atoms with Gasteiger partial charge in [0, 0.05) is 30.1 Å². The SMILES string of the molecule is NCC1Cn2nc3c(c2C(=O)N1)CCc1cnccc1-3. The molecule has 6 heteroatoms. The van der Waals surface area contributed by atoms with E-state index in [-0.39, 0.29) is 11.9 Å². The number of hydrogen-bond acceptors (Lipinski definition) is 4. The van der Waals surface area contributed by atoms with Crippen molar-refractivity contribution < 1.29 is 4.79 Å². The van der Waals surface area contributed by atoms with Crippen LogP contribution < -0.4 is 11.1 Å². The summed E-state index contributed by atoms with van der Waals surface area (Å²) in [7, 11) is 0. The van der Waals surface area contributed by atoms with Crippen molar-refractivity contribution in [2.75, 3.05) is 6.54 Å². The Morgan fingerprint density at radius 3 is 3.20 bits per heavy atom. The molecule has 0 spiro atoms. The first-order chi connectivity index (χ1) is 9.78. The van der Waals surface area contributed by atoms with Gasteiger partial charge in [0.15, 0.2) is 0 Å². The molecule has 0 bridgehead atoms. The molecule has 2 aliphatic rings. The van der Waals surface area contributed by atoms with E-state index in [1.807, 2.05) is 16.9 Å². The number of nitrogens with one attached hydrogen (secondary N) is 1.